The summed E-state index contributed by atoms with van der Waals surface area (Å²) < 4.78 is 10.4. The molecule has 0 fully saturated rings. The van der Waals surface area contributed by atoms with Crippen molar-refractivity contribution in [3.05, 3.63) is 18.6 Å². The SMILES string of the molecule is COc1cncc(OC)c1-c1cnc(N)[nH]1. The van der Waals surface area contributed by atoms with E-state index < -0.39 is 0 Å². The van der Waals surface area contributed by atoms with Crippen molar-refractivity contribution >= 4 is 5.95 Å². The molecule has 2 rings (SSSR count). The molecule has 0 aliphatic rings. The third-order valence-electron chi connectivity index (χ3n) is 2.18. The number of hydrogen-bond acceptors (Lipinski definition) is 5. The summed E-state index contributed by atoms with van der Waals surface area (Å²) >= 11 is 0. The van der Waals surface area contributed by atoms with Crippen LogP contribution >= 0.6 is 0 Å². The van der Waals surface area contributed by atoms with Crippen LogP contribution in [0.4, 0.5) is 5.95 Å². The first-order chi connectivity index (χ1) is 7.76. The molecule has 0 aromatic carbocycles. The Bertz CT molecular complexity index is 473. The van der Waals surface area contributed by atoms with Crippen molar-refractivity contribution < 1.29 is 9.47 Å². The summed E-state index contributed by atoms with van der Waals surface area (Å²) in [6.07, 6.45) is 4.83. The highest BCUT2D eigenvalue weighted by Crippen LogP contribution is 2.36. The van der Waals surface area contributed by atoms with Crippen LogP contribution in [0.3, 0.4) is 0 Å². The van der Waals surface area contributed by atoms with Gasteiger partial charge in [-0.1, -0.05) is 0 Å². The number of anilines is 1. The van der Waals surface area contributed by atoms with E-state index in [0.717, 1.165) is 11.3 Å². The maximum atomic E-state index is 5.54. The number of nitrogen functional groups attached to an aromatic ring is 1. The van der Waals surface area contributed by atoms with Crippen molar-refractivity contribution in [3.8, 4) is 22.8 Å². The van der Waals surface area contributed by atoms with Gasteiger partial charge >= 0.3 is 0 Å². The predicted molar refractivity (Wildman–Crippen MR) is 59.3 cm³/mol. The molecule has 0 aliphatic heterocycles. The number of nitrogens with one attached hydrogen (secondary N) is 1. The number of aromatic nitrogens is 3. The van der Waals surface area contributed by atoms with Crippen LogP contribution < -0.4 is 15.2 Å². The molecule has 6 heteroatoms. The lowest BCUT2D eigenvalue weighted by atomic mass is 10.2. The van der Waals surface area contributed by atoms with Crippen LogP contribution in [0.1, 0.15) is 0 Å². The molecular formula is C10H12N4O2. The molecule has 2 heterocycles. The zero-order valence-corrected chi connectivity index (χ0v) is 9.02. The highest BCUT2D eigenvalue weighted by Gasteiger charge is 2.14. The van der Waals surface area contributed by atoms with Gasteiger partial charge in [-0.2, -0.15) is 0 Å². The molecule has 2 aromatic rings. The predicted octanol–water partition coefficient (Wildman–Crippen LogP) is 1.07. The van der Waals surface area contributed by atoms with Crippen molar-refractivity contribution in [2.45, 2.75) is 0 Å². The van der Waals surface area contributed by atoms with Gasteiger partial charge in [-0.15, -0.1) is 0 Å². The normalized spacial score (nSPS) is 10.1. The van der Waals surface area contributed by atoms with E-state index in [9.17, 15) is 0 Å². The molecule has 0 unspecified atom stereocenters. The van der Waals surface area contributed by atoms with E-state index in [4.69, 9.17) is 15.2 Å². The molecule has 0 bridgehead atoms. The van der Waals surface area contributed by atoms with Gasteiger partial charge in [-0.25, -0.2) is 4.98 Å². The average molecular weight is 220 g/mol. The quantitative estimate of drug-likeness (QED) is 0.808. The average Bonchev–Trinajstić information content (AvgIpc) is 2.74. The fraction of sp³-hybridized carbons (Fsp3) is 0.200. The van der Waals surface area contributed by atoms with Gasteiger partial charge < -0.3 is 20.2 Å². The van der Waals surface area contributed by atoms with Gasteiger partial charge in [-0.3, -0.25) is 4.98 Å². The number of ether oxygens (including phenoxy) is 2. The van der Waals surface area contributed by atoms with E-state index in [1.165, 1.54) is 0 Å². The third-order valence-corrected chi connectivity index (χ3v) is 2.18. The number of pyridine rings is 1. The summed E-state index contributed by atoms with van der Waals surface area (Å²) in [6, 6.07) is 0. The Morgan fingerprint density at radius 3 is 2.19 bits per heavy atom. The molecule has 6 nitrogen and oxygen atoms in total. The molecule has 3 N–H and O–H groups in total. The van der Waals surface area contributed by atoms with E-state index in [2.05, 4.69) is 15.0 Å². The van der Waals surface area contributed by atoms with Gasteiger partial charge in [0.2, 0.25) is 0 Å². The molecule has 84 valence electrons. The Morgan fingerprint density at radius 2 is 1.75 bits per heavy atom. The summed E-state index contributed by atoms with van der Waals surface area (Å²) in [7, 11) is 3.14. The highest BCUT2D eigenvalue weighted by molar-refractivity contribution is 5.73. The smallest absolute Gasteiger partial charge is 0.197 e. The Morgan fingerprint density at radius 1 is 1.12 bits per heavy atom. The Hall–Kier alpha value is -2.24. The van der Waals surface area contributed by atoms with Crippen molar-refractivity contribution in [3.63, 3.8) is 0 Å². The minimum atomic E-state index is 0.343. The molecule has 0 saturated heterocycles. The fourth-order valence-corrected chi connectivity index (χ4v) is 1.46. The monoisotopic (exact) mass is 220 g/mol. The largest absolute Gasteiger partial charge is 0.494 e. The second-order valence-corrected chi connectivity index (χ2v) is 3.10. The molecule has 0 amide bonds. The van der Waals surface area contributed by atoms with E-state index in [1.807, 2.05) is 0 Å². The van der Waals surface area contributed by atoms with Gasteiger partial charge in [0.1, 0.15) is 11.5 Å². The summed E-state index contributed by atoms with van der Waals surface area (Å²) in [4.78, 5) is 10.9. The van der Waals surface area contributed by atoms with Gasteiger partial charge in [0.25, 0.3) is 0 Å². The topological polar surface area (TPSA) is 86.1 Å². The number of nitrogens with zero attached hydrogens (tertiary/aromatic N) is 2. The lowest BCUT2D eigenvalue weighted by molar-refractivity contribution is 0.394. The first-order valence-corrected chi connectivity index (χ1v) is 4.63. The van der Waals surface area contributed by atoms with E-state index >= 15 is 0 Å². The molecule has 0 radical (unpaired) electrons. The summed E-state index contributed by atoms with van der Waals surface area (Å²) in [5.41, 5.74) is 7.02. The Balaban J connectivity index is 2.60. The lowest BCUT2D eigenvalue weighted by Crippen LogP contribution is -1.94. The van der Waals surface area contributed by atoms with Crippen LogP contribution in [0.25, 0.3) is 11.3 Å². The van der Waals surface area contributed by atoms with Crippen LogP contribution in [-0.4, -0.2) is 29.2 Å². The number of H-pyrrole nitrogens is 1. The molecule has 0 aliphatic carbocycles. The lowest BCUT2D eigenvalue weighted by Gasteiger charge is -2.10. The van der Waals surface area contributed by atoms with Gasteiger partial charge in [-0.05, 0) is 0 Å². The highest BCUT2D eigenvalue weighted by atomic mass is 16.5. The molecule has 0 saturated carbocycles. The molecule has 2 aromatic heterocycles. The van der Waals surface area contributed by atoms with Crippen LogP contribution in [-0.2, 0) is 0 Å². The van der Waals surface area contributed by atoms with Crippen molar-refractivity contribution in [2.75, 3.05) is 20.0 Å². The van der Waals surface area contributed by atoms with E-state index in [-0.39, 0.29) is 0 Å². The summed E-state index contributed by atoms with van der Waals surface area (Å²) in [5.74, 6) is 1.54. The van der Waals surface area contributed by atoms with Crippen LogP contribution in [0.2, 0.25) is 0 Å². The molecule has 16 heavy (non-hydrogen) atoms. The number of rotatable bonds is 3. The van der Waals surface area contributed by atoms with Crippen molar-refractivity contribution in [1.29, 1.82) is 0 Å². The van der Waals surface area contributed by atoms with Gasteiger partial charge in [0, 0.05) is 0 Å². The number of hydrogen-bond donors (Lipinski definition) is 2. The summed E-state index contributed by atoms with van der Waals surface area (Å²) in [5, 5.41) is 0. The molecule has 0 spiro atoms. The number of imidazole rings is 1. The summed E-state index contributed by atoms with van der Waals surface area (Å²) in [6.45, 7) is 0. The zero-order chi connectivity index (χ0) is 11.5. The Labute approximate surface area is 92.4 Å². The van der Waals surface area contributed by atoms with E-state index in [0.29, 0.717) is 17.4 Å². The molecule has 0 atom stereocenters. The van der Waals surface area contributed by atoms with Gasteiger partial charge in [0.05, 0.1) is 44.1 Å². The van der Waals surface area contributed by atoms with Crippen molar-refractivity contribution in [2.24, 2.45) is 0 Å². The molecular weight excluding hydrogens is 208 g/mol. The van der Waals surface area contributed by atoms with Crippen LogP contribution in [0, 0.1) is 0 Å². The number of nitrogens with two attached hydrogens (primary N) is 1. The Kier molecular flexibility index (Phi) is 2.63. The minimum absolute atomic E-state index is 0.343. The van der Waals surface area contributed by atoms with E-state index in [1.54, 1.807) is 32.8 Å². The fourth-order valence-electron chi connectivity index (χ4n) is 1.46. The second kappa shape index (κ2) is 4.09. The second-order valence-electron chi connectivity index (χ2n) is 3.10. The number of aromatic amines is 1. The standard InChI is InChI=1S/C10H12N4O2/c1-15-7-4-12-5-8(16-2)9(7)6-3-13-10(11)14-6/h3-5H,1-2H3,(H3,11,13,14). The van der Waals surface area contributed by atoms with Gasteiger partial charge in [0.15, 0.2) is 5.95 Å². The van der Waals surface area contributed by atoms with Crippen LogP contribution in [0.5, 0.6) is 11.5 Å². The number of methoxy groups -OCH3 is 2. The maximum Gasteiger partial charge on any atom is 0.197 e. The first-order valence-electron chi connectivity index (χ1n) is 4.63. The zero-order valence-electron chi connectivity index (χ0n) is 9.02. The maximum absolute atomic E-state index is 5.54. The third kappa shape index (κ3) is 1.65. The minimum Gasteiger partial charge on any atom is -0.494 e. The first kappa shape index (κ1) is 10.3. The van der Waals surface area contributed by atoms with Crippen molar-refractivity contribution in [1.82, 2.24) is 15.0 Å². The van der Waals surface area contributed by atoms with Crippen LogP contribution in [0.15, 0.2) is 18.6 Å².